The number of aromatic nitrogens is 2. The number of rotatable bonds is 8. The summed E-state index contributed by atoms with van der Waals surface area (Å²) in [4.78, 5) is 0. The van der Waals surface area contributed by atoms with Crippen LogP contribution in [0.1, 0.15) is 56.0 Å². The molecule has 0 aliphatic heterocycles. The van der Waals surface area contributed by atoms with Crippen LogP contribution in [-0.4, -0.2) is 16.3 Å². The van der Waals surface area contributed by atoms with Crippen LogP contribution in [0.25, 0.3) is 0 Å². The van der Waals surface area contributed by atoms with Crippen molar-refractivity contribution in [1.82, 2.24) is 9.78 Å². The van der Waals surface area contributed by atoms with Gasteiger partial charge < -0.3 is 5.73 Å². The molecule has 1 rings (SSSR count). The van der Waals surface area contributed by atoms with Crippen LogP contribution in [0.2, 0.25) is 0 Å². The van der Waals surface area contributed by atoms with Crippen LogP contribution < -0.4 is 5.73 Å². The van der Waals surface area contributed by atoms with Crippen LogP contribution in [0.4, 0.5) is 0 Å². The van der Waals surface area contributed by atoms with Crippen molar-refractivity contribution in [2.24, 2.45) is 5.73 Å². The fourth-order valence-electron chi connectivity index (χ4n) is 2.32. The Morgan fingerprint density at radius 3 is 2.47 bits per heavy atom. The van der Waals surface area contributed by atoms with E-state index in [0.29, 0.717) is 6.54 Å². The summed E-state index contributed by atoms with van der Waals surface area (Å²) in [5.74, 6) is 0. The molecular formula is C14H27N3. The van der Waals surface area contributed by atoms with E-state index in [0.717, 1.165) is 18.7 Å². The van der Waals surface area contributed by atoms with Gasteiger partial charge in [0, 0.05) is 12.2 Å². The maximum Gasteiger partial charge on any atom is 0.0628 e. The molecule has 2 N–H and O–H groups in total. The molecule has 17 heavy (non-hydrogen) atoms. The second-order valence-corrected chi connectivity index (χ2v) is 4.83. The lowest BCUT2D eigenvalue weighted by molar-refractivity contribution is 0.522. The van der Waals surface area contributed by atoms with Crippen LogP contribution in [0.15, 0.2) is 0 Å². The lowest BCUT2D eigenvalue weighted by atomic mass is 10.1. The smallest absolute Gasteiger partial charge is 0.0628 e. The molecule has 3 heteroatoms. The number of nitrogens with two attached hydrogens (primary N) is 1. The standard InChI is InChI=1S/C14H27N3/c1-4-5-6-7-8-11-17-13(3)14(9-10-15)12(2)16-17/h4-11,15H2,1-3H3. The highest BCUT2D eigenvalue weighted by molar-refractivity contribution is 5.24. The Hall–Kier alpha value is -0.830. The van der Waals surface area contributed by atoms with Gasteiger partial charge in [-0.1, -0.05) is 32.6 Å². The third kappa shape index (κ3) is 4.15. The monoisotopic (exact) mass is 237 g/mol. The molecule has 3 nitrogen and oxygen atoms in total. The molecule has 0 radical (unpaired) electrons. The lowest BCUT2D eigenvalue weighted by Gasteiger charge is -2.05. The van der Waals surface area contributed by atoms with Crippen LogP contribution in [-0.2, 0) is 13.0 Å². The van der Waals surface area contributed by atoms with Crippen LogP contribution in [0, 0.1) is 13.8 Å². The maximum absolute atomic E-state index is 5.63. The first-order chi connectivity index (χ1) is 8.20. The Kier molecular flexibility index (Phi) is 6.27. The van der Waals surface area contributed by atoms with Gasteiger partial charge in [-0.25, -0.2) is 0 Å². The first-order valence-electron chi connectivity index (χ1n) is 6.93. The van der Waals surface area contributed by atoms with Gasteiger partial charge >= 0.3 is 0 Å². The summed E-state index contributed by atoms with van der Waals surface area (Å²) in [6.45, 7) is 8.27. The van der Waals surface area contributed by atoms with E-state index in [1.807, 2.05) is 0 Å². The Morgan fingerprint density at radius 2 is 1.82 bits per heavy atom. The first-order valence-corrected chi connectivity index (χ1v) is 6.93. The Labute approximate surface area is 105 Å². The maximum atomic E-state index is 5.63. The van der Waals surface area contributed by atoms with Gasteiger partial charge in [0.15, 0.2) is 0 Å². The Bertz CT molecular complexity index is 328. The molecule has 0 saturated carbocycles. The zero-order valence-corrected chi connectivity index (χ0v) is 11.6. The van der Waals surface area contributed by atoms with Gasteiger partial charge in [-0.15, -0.1) is 0 Å². The summed E-state index contributed by atoms with van der Waals surface area (Å²) < 4.78 is 2.16. The second-order valence-electron chi connectivity index (χ2n) is 4.83. The molecule has 0 atom stereocenters. The Balaban J connectivity index is 2.45. The van der Waals surface area contributed by atoms with Crippen molar-refractivity contribution in [1.29, 1.82) is 0 Å². The molecule has 0 unspecified atom stereocenters. The molecule has 0 bridgehead atoms. The van der Waals surface area contributed by atoms with E-state index in [4.69, 9.17) is 5.73 Å². The fraction of sp³-hybridized carbons (Fsp3) is 0.786. The van der Waals surface area contributed by atoms with Gasteiger partial charge in [-0.05, 0) is 38.8 Å². The molecule has 1 heterocycles. The van der Waals surface area contributed by atoms with Gasteiger partial charge in [0.2, 0.25) is 0 Å². The molecule has 0 aliphatic rings. The highest BCUT2D eigenvalue weighted by Gasteiger charge is 2.09. The fourth-order valence-corrected chi connectivity index (χ4v) is 2.32. The van der Waals surface area contributed by atoms with Crippen molar-refractivity contribution in [3.05, 3.63) is 17.0 Å². The zero-order chi connectivity index (χ0) is 12.7. The average Bonchev–Trinajstić information content (AvgIpc) is 2.57. The normalized spacial score (nSPS) is 11.1. The predicted molar refractivity (Wildman–Crippen MR) is 73.2 cm³/mol. The number of hydrogen-bond acceptors (Lipinski definition) is 2. The third-order valence-corrected chi connectivity index (χ3v) is 3.40. The molecule has 0 fully saturated rings. The number of aryl methyl sites for hydroxylation is 2. The van der Waals surface area contributed by atoms with Crippen LogP contribution in [0.5, 0.6) is 0 Å². The first kappa shape index (κ1) is 14.2. The summed E-state index contributed by atoms with van der Waals surface area (Å²) in [5.41, 5.74) is 9.44. The van der Waals surface area contributed by atoms with Crippen molar-refractivity contribution in [2.75, 3.05) is 6.54 Å². The van der Waals surface area contributed by atoms with Crippen LogP contribution in [0.3, 0.4) is 0 Å². The molecule has 98 valence electrons. The summed E-state index contributed by atoms with van der Waals surface area (Å²) in [5, 5.41) is 4.61. The largest absolute Gasteiger partial charge is 0.330 e. The van der Waals surface area contributed by atoms with E-state index in [9.17, 15) is 0 Å². The highest BCUT2D eigenvalue weighted by Crippen LogP contribution is 2.14. The third-order valence-electron chi connectivity index (χ3n) is 3.40. The van der Waals surface area contributed by atoms with Crippen molar-refractivity contribution in [2.45, 2.75) is 65.8 Å². The number of hydrogen-bond donors (Lipinski definition) is 1. The molecular weight excluding hydrogens is 210 g/mol. The molecule has 0 saturated heterocycles. The Morgan fingerprint density at radius 1 is 1.12 bits per heavy atom. The van der Waals surface area contributed by atoms with Crippen LogP contribution >= 0.6 is 0 Å². The topological polar surface area (TPSA) is 43.8 Å². The van der Waals surface area contributed by atoms with E-state index in [1.165, 1.54) is 43.4 Å². The minimum atomic E-state index is 0.712. The molecule has 1 aromatic rings. The van der Waals surface area contributed by atoms with Gasteiger partial charge in [-0.2, -0.15) is 5.10 Å². The van der Waals surface area contributed by atoms with Gasteiger partial charge in [0.25, 0.3) is 0 Å². The van der Waals surface area contributed by atoms with E-state index in [2.05, 4.69) is 30.6 Å². The molecule has 0 aromatic carbocycles. The minimum Gasteiger partial charge on any atom is -0.330 e. The van der Waals surface area contributed by atoms with E-state index < -0.39 is 0 Å². The van der Waals surface area contributed by atoms with Crippen molar-refractivity contribution in [3.8, 4) is 0 Å². The number of unbranched alkanes of at least 4 members (excludes halogenated alkanes) is 4. The second kappa shape index (κ2) is 7.49. The van der Waals surface area contributed by atoms with Gasteiger partial charge in [-0.3, -0.25) is 4.68 Å². The molecule has 0 aliphatic carbocycles. The average molecular weight is 237 g/mol. The van der Waals surface area contributed by atoms with E-state index in [1.54, 1.807) is 0 Å². The SMILES string of the molecule is CCCCCCCn1nc(C)c(CCN)c1C. The van der Waals surface area contributed by atoms with E-state index in [-0.39, 0.29) is 0 Å². The lowest BCUT2D eigenvalue weighted by Crippen LogP contribution is -2.06. The highest BCUT2D eigenvalue weighted by atomic mass is 15.3. The van der Waals surface area contributed by atoms with E-state index >= 15 is 0 Å². The minimum absolute atomic E-state index is 0.712. The molecule has 1 aromatic heterocycles. The predicted octanol–water partition coefficient (Wildman–Crippen LogP) is 2.97. The summed E-state index contributed by atoms with van der Waals surface area (Å²) in [6.07, 6.45) is 7.53. The molecule has 0 spiro atoms. The summed E-state index contributed by atoms with van der Waals surface area (Å²) in [7, 11) is 0. The zero-order valence-electron chi connectivity index (χ0n) is 11.6. The van der Waals surface area contributed by atoms with Gasteiger partial charge in [0.05, 0.1) is 5.69 Å². The molecule has 0 amide bonds. The van der Waals surface area contributed by atoms with Crippen molar-refractivity contribution < 1.29 is 0 Å². The van der Waals surface area contributed by atoms with Crippen molar-refractivity contribution >= 4 is 0 Å². The number of nitrogens with zero attached hydrogens (tertiary/aromatic N) is 2. The van der Waals surface area contributed by atoms with Gasteiger partial charge in [0.1, 0.15) is 0 Å². The quantitative estimate of drug-likeness (QED) is 0.706. The van der Waals surface area contributed by atoms with Crippen molar-refractivity contribution in [3.63, 3.8) is 0 Å². The summed E-state index contributed by atoms with van der Waals surface area (Å²) in [6, 6.07) is 0. The summed E-state index contributed by atoms with van der Waals surface area (Å²) >= 11 is 0.